The summed E-state index contributed by atoms with van der Waals surface area (Å²) in [6.07, 6.45) is 0.939. The number of rotatable bonds is 3. The van der Waals surface area contributed by atoms with Crippen LogP contribution in [-0.4, -0.2) is 18.4 Å². The molecule has 0 unspecified atom stereocenters. The summed E-state index contributed by atoms with van der Waals surface area (Å²) in [5, 5.41) is 0. The van der Waals surface area contributed by atoms with E-state index < -0.39 is 5.41 Å². The number of carbonyl (C=O) groups is 2. The zero-order valence-electron chi connectivity index (χ0n) is 10.2. The smallest absolute Gasteiger partial charge is 0.320 e. The van der Waals surface area contributed by atoms with Crippen molar-refractivity contribution >= 4 is 11.8 Å². The number of carbonyl (C=O) groups excluding carboxylic acids is 2. The molecule has 90 valence electrons. The Bertz CT molecular complexity index is 437. The second-order valence-electron chi connectivity index (χ2n) is 4.48. The predicted molar refractivity (Wildman–Crippen MR) is 63.6 cm³/mol. The van der Waals surface area contributed by atoms with Crippen molar-refractivity contribution in [2.75, 3.05) is 6.61 Å². The molecule has 3 nitrogen and oxygen atoms in total. The zero-order valence-corrected chi connectivity index (χ0v) is 10.2. The maximum absolute atomic E-state index is 12.0. The van der Waals surface area contributed by atoms with Crippen LogP contribution in [-0.2, 0) is 27.2 Å². The maximum Gasteiger partial charge on any atom is 0.320 e. The van der Waals surface area contributed by atoms with Gasteiger partial charge >= 0.3 is 5.97 Å². The van der Waals surface area contributed by atoms with Gasteiger partial charge in [0.25, 0.3) is 0 Å². The molecule has 0 spiro atoms. The van der Waals surface area contributed by atoms with Crippen molar-refractivity contribution in [3.63, 3.8) is 0 Å². The van der Waals surface area contributed by atoms with Gasteiger partial charge in [0.15, 0.2) is 0 Å². The highest BCUT2D eigenvalue weighted by molar-refractivity contribution is 6.04. The van der Waals surface area contributed by atoms with Crippen molar-refractivity contribution in [3.05, 3.63) is 35.4 Å². The van der Waals surface area contributed by atoms with Crippen LogP contribution >= 0.6 is 0 Å². The molecule has 0 saturated carbocycles. The van der Waals surface area contributed by atoms with Crippen LogP contribution in [0.15, 0.2) is 24.3 Å². The molecule has 0 atom stereocenters. The Hall–Kier alpha value is -1.64. The fourth-order valence-corrected chi connectivity index (χ4v) is 2.42. The summed E-state index contributed by atoms with van der Waals surface area (Å²) in [5.74, 6) is -0.490. The molecule has 0 bridgehead atoms. The van der Waals surface area contributed by atoms with E-state index in [4.69, 9.17) is 4.74 Å². The van der Waals surface area contributed by atoms with Crippen molar-refractivity contribution < 1.29 is 14.3 Å². The first-order valence-electron chi connectivity index (χ1n) is 5.85. The summed E-state index contributed by atoms with van der Waals surface area (Å²) >= 11 is 0. The van der Waals surface area contributed by atoms with E-state index in [1.54, 1.807) is 6.92 Å². The Labute approximate surface area is 101 Å². The third kappa shape index (κ3) is 1.86. The van der Waals surface area contributed by atoms with Gasteiger partial charge in [0.05, 0.1) is 6.61 Å². The van der Waals surface area contributed by atoms with Gasteiger partial charge in [-0.05, 0) is 37.8 Å². The lowest BCUT2D eigenvalue weighted by Crippen LogP contribution is -2.40. The van der Waals surface area contributed by atoms with E-state index in [9.17, 15) is 9.59 Å². The van der Waals surface area contributed by atoms with Crippen molar-refractivity contribution in [1.82, 2.24) is 0 Å². The molecule has 0 fully saturated rings. The molecular weight excluding hydrogens is 216 g/mol. The average molecular weight is 232 g/mol. The Morgan fingerprint density at radius 1 is 1.24 bits per heavy atom. The molecule has 0 saturated heterocycles. The molecule has 2 rings (SSSR count). The van der Waals surface area contributed by atoms with Gasteiger partial charge in [-0.2, -0.15) is 0 Å². The van der Waals surface area contributed by atoms with E-state index in [-0.39, 0.29) is 11.8 Å². The number of hydrogen-bond donors (Lipinski definition) is 0. The number of ether oxygens (including phenoxy) is 1. The summed E-state index contributed by atoms with van der Waals surface area (Å²) in [6, 6.07) is 7.80. The summed E-state index contributed by atoms with van der Waals surface area (Å²) in [5.41, 5.74) is 1.17. The van der Waals surface area contributed by atoms with Crippen molar-refractivity contribution in [3.8, 4) is 0 Å². The molecule has 0 aliphatic heterocycles. The molecule has 1 aromatic rings. The van der Waals surface area contributed by atoms with Crippen molar-refractivity contribution in [1.29, 1.82) is 0 Å². The minimum absolute atomic E-state index is 0.104. The van der Waals surface area contributed by atoms with Crippen LogP contribution in [0.1, 0.15) is 25.0 Å². The number of fused-ring (bicyclic) bond motifs is 1. The van der Waals surface area contributed by atoms with Crippen LogP contribution in [0, 0.1) is 5.41 Å². The first-order chi connectivity index (χ1) is 8.10. The summed E-state index contributed by atoms with van der Waals surface area (Å²) < 4.78 is 5.06. The normalized spacial score (nSPS) is 16.4. The molecule has 1 aromatic carbocycles. The highest BCUT2D eigenvalue weighted by atomic mass is 16.5. The Morgan fingerprint density at radius 3 is 2.18 bits per heavy atom. The number of hydrogen-bond acceptors (Lipinski definition) is 3. The van der Waals surface area contributed by atoms with E-state index in [0.29, 0.717) is 19.4 Å². The zero-order chi connectivity index (χ0) is 12.5. The van der Waals surface area contributed by atoms with E-state index in [2.05, 4.69) is 0 Å². The minimum atomic E-state index is -0.986. The lowest BCUT2D eigenvalue weighted by Gasteiger charge is -2.23. The van der Waals surface area contributed by atoms with E-state index >= 15 is 0 Å². The van der Waals surface area contributed by atoms with Crippen LogP contribution < -0.4 is 0 Å². The number of benzene rings is 1. The molecule has 1 aliphatic carbocycles. The second-order valence-corrected chi connectivity index (χ2v) is 4.48. The highest BCUT2D eigenvalue weighted by Crippen LogP contribution is 2.38. The summed E-state index contributed by atoms with van der Waals surface area (Å²) in [7, 11) is 0. The number of ketones is 1. The van der Waals surface area contributed by atoms with Gasteiger partial charge < -0.3 is 4.74 Å². The van der Waals surface area contributed by atoms with E-state index in [1.807, 2.05) is 24.3 Å². The highest BCUT2D eigenvalue weighted by Gasteiger charge is 2.49. The Balaban J connectivity index is 2.36. The summed E-state index contributed by atoms with van der Waals surface area (Å²) in [6.45, 7) is 3.54. The number of Topliss-reactive ketones (excluding diaryl/α,β-unsaturated/α-hetero) is 1. The standard InChI is InChI=1S/C14H16O3/c1-3-17-13(16)14(10(2)15)8-11-6-4-5-7-12(11)9-14/h4-7H,3,8-9H2,1-2H3. The van der Waals surface area contributed by atoms with Gasteiger partial charge in [-0.3, -0.25) is 9.59 Å². The largest absolute Gasteiger partial charge is 0.465 e. The van der Waals surface area contributed by atoms with Gasteiger partial charge in [0.1, 0.15) is 11.2 Å². The second kappa shape index (κ2) is 4.32. The predicted octanol–water partition coefficient (Wildman–Crippen LogP) is 1.92. The molecule has 0 radical (unpaired) electrons. The van der Waals surface area contributed by atoms with Crippen molar-refractivity contribution in [2.24, 2.45) is 5.41 Å². The monoisotopic (exact) mass is 232 g/mol. The van der Waals surface area contributed by atoms with Gasteiger partial charge in [-0.1, -0.05) is 24.3 Å². The lowest BCUT2D eigenvalue weighted by molar-refractivity contribution is -0.159. The first-order valence-corrected chi connectivity index (χ1v) is 5.85. The molecule has 0 amide bonds. The van der Waals surface area contributed by atoms with Crippen LogP contribution in [0.4, 0.5) is 0 Å². The topological polar surface area (TPSA) is 43.4 Å². The maximum atomic E-state index is 12.0. The number of esters is 1. The minimum Gasteiger partial charge on any atom is -0.465 e. The molecule has 1 aliphatic rings. The molecule has 0 N–H and O–H groups in total. The third-order valence-corrected chi connectivity index (χ3v) is 3.44. The lowest BCUT2D eigenvalue weighted by atomic mass is 9.81. The molecule has 3 heteroatoms. The molecule has 0 heterocycles. The van der Waals surface area contributed by atoms with Crippen LogP contribution in [0.25, 0.3) is 0 Å². The average Bonchev–Trinajstić information content (AvgIpc) is 2.69. The fraction of sp³-hybridized carbons (Fsp3) is 0.429. The van der Waals surface area contributed by atoms with Gasteiger partial charge in [-0.15, -0.1) is 0 Å². The van der Waals surface area contributed by atoms with Gasteiger partial charge in [-0.25, -0.2) is 0 Å². The SMILES string of the molecule is CCOC(=O)C1(C(C)=O)Cc2ccccc2C1. The van der Waals surface area contributed by atoms with E-state index in [0.717, 1.165) is 11.1 Å². The van der Waals surface area contributed by atoms with Crippen LogP contribution in [0.2, 0.25) is 0 Å². The Morgan fingerprint density at radius 2 is 1.76 bits per heavy atom. The van der Waals surface area contributed by atoms with Gasteiger partial charge in [0, 0.05) is 0 Å². The molecule has 0 aromatic heterocycles. The van der Waals surface area contributed by atoms with Crippen LogP contribution in [0.5, 0.6) is 0 Å². The molecular formula is C14H16O3. The quantitative estimate of drug-likeness (QED) is 0.590. The Kier molecular flexibility index (Phi) is 3.01. The third-order valence-electron chi connectivity index (χ3n) is 3.44. The fourth-order valence-electron chi connectivity index (χ4n) is 2.42. The molecule has 17 heavy (non-hydrogen) atoms. The first kappa shape index (κ1) is 11.8. The van der Waals surface area contributed by atoms with Crippen LogP contribution in [0.3, 0.4) is 0 Å². The van der Waals surface area contributed by atoms with Crippen molar-refractivity contribution in [2.45, 2.75) is 26.7 Å². The van der Waals surface area contributed by atoms with Gasteiger partial charge in [0.2, 0.25) is 0 Å². The van der Waals surface area contributed by atoms with E-state index in [1.165, 1.54) is 6.92 Å². The summed E-state index contributed by atoms with van der Waals surface area (Å²) in [4.78, 5) is 23.9.